The topological polar surface area (TPSA) is 41.6 Å². The highest BCUT2D eigenvalue weighted by Crippen LogP contribution is 2.34. The third kappa shape index (κ3) is 2.69. The first-order valence-corrected chi connectivity index (χ1v) is 7.29. The molecule has 0 aromatic carbocycles. The number of piperidine rings is 1. The number of carbonyl (C=O) groups is 1. The SMILES string of the molecule is CCCC1(C(=O)N2CCOCC2C)CCCNC1. The predicted octanol–water partition coefficient (Wildman–Crippen LogP) is 1.40. The fourth-order valence-electron chi connectivity index (χ4n) is 3.28. The van der Waals surface area contributed by atoms with Crippen molar-refractivity contribution in [1.82, 2.24) is 10.2 Å². The molecule has 4 heteroatoms. The molecule has 2 atom stereocenters. The number of ether oxygens (including phenoxy) is 1. The van der Waals surface area contributed by atoms with E-state index in [1.54, 1.807) is 0 Å². The Hall–Kier alpha value is -0.610. The molecule has 0 aromatic heterocycles. The summed E-state index contributed by atoms with van der Waals surface area (Å²) in [5, 5.41) is 3.42. The van der Waals surface area contributed by atoms with Gasteiger partial charge in [-0.3, -0.25) is 4.79 Å². The summed E-state index contributed by atoms with van der Waals surface area (Å²) in [6.07, 6.45) is 4.23. The van der Waals surface area contributed by atoms with Crippen molar-refractivity contribution in [2.75, 3.05) is 32.8 Å². The van der Waals surface area contributed by atoms with Gasteiger partial charge in [-0.2, -0.15) is 0 Å². The minimum Gasteiger partial charge on any atom is -0.377 e. The summed E-state index contributed by atoms with van der Waals surface area (Å²) in [7, 11) is 0. The molecule has 0 saturated carbocycles. The molecule has 0 aromatic rings. The van der Waals surface area contributed by atoms with Crippen molar-refractivity contribution in [2.45, 2.75) is 45.6 Å². The first kappa shape index (κ1) is 13.8. The highest BCUT2D eigenvalue weighted by molar-refractivity contribution is 5.83. The molecule has 0 radical (unpaired) electrons. The normalized spacial score (nSPS) is 33.4. The van der Waals surface area contributed by atoms with Crippen molar-refractivity contribution in [3.05, 3.63) is 0 Å². The number of hydrogen-bond donors (Lipinski definition) is 1. The van der Waals surface area contributed by atoms with Crippen molar-refractivity contribution in [3.63, 3.8) is 0 Å². The van der Waals surface area contributed by atoms with E-state index in [-0.39, 0.29) is 11.5 Å². The Morgan fingerprint density at radius 2 is 2.39 bits per heavy atom. The fourth-order valence-corrected chi connectivity index (χ4v) is 3.28. The van der Waals surface area contributed by atoms with Crippen LogP contribution in [0.1, 0.15) is 39.5 Å². The van der Waals surface area contributed by atoms with Crippen LogP contribution in [0.15, 0.2) is 0 Å². The van der Waals surface area contributed by atoms with Crippen LogP contribution in [0.25, 0.3) is 0 Å². The van der Waals surface area contributed by atoms with Crippen molar-refractivity contribution < 1.29 is 9.53 Å². The maximum Gasteiger partial charge on any atom is 0.230 e. The number of nitrogens with zero attached hydrogens (tertiary/aromatic N) is 1. The molecular formula is C14H26N2O2. The van der Waals surface area contributed by atoms with Crippen molar-refractivity contribution >= 4 is 5.91 Å². The van der Waals surface area contributed by atoms with Crippen LogP contribution in [0.5, 0.6) is 0 Å². The second kappa shape index (κ2) is 6.02. The molecule has 0 spiro atoms. The van der Waals surface area contributed by atoms with Gasteiger partial charge in [-0.25, -0.2) is 0 Å². The summed E-state index contributed by atoms with van der Waals surface area (Å²) in [5.74, 6) is 0.354. The van der Waals surface area contributed by atoms with Gasteiger partial charge in [-0.15, -0.1) is 0 Å². The Morgan fingerprint density at radius 1 is 1.56 bits per heavy atom. The second-order valence-corrected chi connectivity index (χ2v) is 5.73. The molecule has 2 fully saturated rings. The summed E-state index contributed by atoms with van der Waals surface area (Å²) in [4.78, 5) is 15.0. The summed E-state index contributed by atoms with van der Waals surface area (Å²) in [6, 6.07) is 0.224. The molecule has 4 nitrogen and oxygen atoms in total. The lowest BCUT2D eigenvalue weighted by atomic mass is 9.75. The summed E-state index contributed by atoms with van der Waals surface area (Å²) in [5.41, 5.74) is -0.154. The van der Waals surface area contributed by atoms with Crippen LogP contribution >= 0.6 is 0 Å². The zero-order valence-electron chi connectivity index (χ0n) is 11.7. The van der Waals surface area contributed by atoms with Gasteiger partial charge < -0.3 is 15.0 Å². The van der Waals surface area contributed by atoms with Gasteiger partial charge in [0.15, 0.2) is 0 Å². The molecular weight excluding hydrogens is 228 g/mol. The van der Waals surface area contributed by atoms with Gasteiger partial charge in [0.05, 0.1) is 24.7 Å². The van der Waals surface area contributed by atoms with Crippen LogP contribution in [-0.2, 0) is 9.53 Å². The van der Waals surface area contributed by atoms with E-state index in [0.717, 1.165) is 45.3 Å². The number of hydrogen-bond acceptors (Lipinski definition) is 3. The van der Waals surface area contributed by atoms with Gasteiger partial charge in [0.1, 0.15) is 0 Å². The first-order valence-electron chi connectivity index (χ1n) is 7.29. The first-order chi connectivity index (χ1) is 8.69. The van der Waals surface area contributed by atoms with Gasteiger partial charge >= 0.3 is 0 Å². The lowest BCUT2D eigenvalue weighted by Gasteiger charge is -2.43. The fraction of sp³-hybridized carbons (Fsp3) is 0.929. The maximum absolute atomic E-state index is 12.9. The van der Waals surface area contributed by atoms with E-state index in [1.165, 1.54) is 0 Å². The largest absolute Gasteiger partial charge is 0.377 e. The Labute approximate surface area is 110 Å². The number of carbonyl (C=O) groups excluding carboxylic acids is 1. The Balaban J connectivity index is 2.11. The van der Waals surface area contributed by atoms with E-state index in [0.29, 0.717) is 19.1 Å². The number of morpholine rings is 1. The van der Waals surface area contributed by atoms with Gasteiger partial charge in [-0.1, -0.05) is 13.3 Å². The third-order valence-electron chi connectivity index (χ3n) is 4.28. The van der Waals surface area contributed by atoms with Crippen molar-refractivity contribution in [2.24, 2.45) is 5.41 Å². The average Bonchev–Trinajstić information content (AvgIpc) is 2.40. The molecule has 1 amide bonds. The lowest BCUT2D eigenvalue weighted by molar-refractivity contribution is -0.152. The maximum atomic E-state index is 12.9. The molecule has 2 saturated heterocycles. The standard InChI is InChI=1S/C14H26N2O2/c1-3-5-14(6-4-7-15-11-14)13(17)16-8-9-18-10-12(16)2/h12,15H,3-11H2,1-2H3. The van der Waals surface area contributed by atoms with Crippen LogP contribution in [0.3, 0.4) is 0 Å². The van der Waals surface area contributed by atoms with Crippen LogP contribution < -0.4 is 5.32 Å². The smallest absolute Gasteiger partial charge is 0.230 e. The molecule has 2 unspecified atom stereocenters. The third-order valence-corrected chi connectivity index (χ3v) is 4.28. The zero-order valence-corrected chi connectivity index (χ0v) is 11.7. The highest BCUT2D eigenvalue weighted by atomic mass is 16.5. The lowest BCUT2D eigenvalue weighted by Crippen LogP contribution is -2.57. The molecule has 2 rings (SSSR count). The highest BCUT2D eigenvalue weighted by Gasteiger charge is 2.42. The van der Waals surface area contributed by atoms with Crippen LogP contribution in [0.4, 0.5) is 0 Å². The van der Waals surface area contributed by atoms with Gasteiger partial charge in [0.2, 0.25) is 5.91 Å². The monoisotopic (exact) mass is 254 g/mol. The van der Waals surface area contributed by atoms with E-state index < -0.39 is 0 Å². The van der Waals surface area contributed by atoms with Gasteiger partial charge in [-0.05, 0) is 32.7 Å². The number of nitrogens with one attached hydrogen (secondary N) is 1. The van der Waals surface area contributed by atoms with E-state index in [9.17, 15) is 4.79 Å². The Kier molecular flexibility index (Phi) is 4.62. The predicted molar refractivity (Wildman–Crippen MR) is 71.4 cm³/mol. The number of amides is 1. The molecule has 1 N–H and O–H groups in total. The minimum atomic E-state index is -0.154. The molecule has 2 aliphatic heterocycles. The molecule has 0 aliphatic carbocycles. The van der Waals surface area contributed by atoms with E-state index in [2.05, 4.69) is 19.2 Å². The summed E-state index contributed by atoms with van der Waals surface area (Å²) >= 11 is 0. The molecule has 2 heterocycles. The Morgan fingerprint density at radius 3 is 3.00 bits per heavy atom. The zero-order chi connectivity index (χ0) is 13.0. The number of rotatable bonds is 3. The van der Waals surface area contributed by atoms with E-state index in [1.807, 2.05) is 4.90 Å². The second-order valence-electron chi connectivity index (χ2n) is 5.73. The molecule has 0 bridgehead atoms. The van der Waals surface area contributed by atoms with E-state index >= 15 is 0 Å². The summed E-state index contributed by atoms with van der Waals surface area (Å²) < 4.78 is 5.43. The average molecular weight is 254 g/mol. The summed E-state index contributed by atoms with van der Waals surface area (Å²) in [6.45, 7) is 8.29. The molecule has 104 valence electrons. The van der Waals surface area contributed by atoms with Crippen molar-refractivity contribution in [3.8, 4) is 0 Å². The van der Waals surface area contributed by atoms with Crippen LogP contribution in [0, 0.1) is 5.41 Å². The quantitative estimate of drug-likeness (QED) is 0.828. The van der Waals surface area contributed by atoms with Gasteiger partial charge in [0.25, 0.3) is 0 Å². The molecule has 2 aliphatic rings. The minimum absolute atomic E-state index is 0.154. The van der Waals surface area contributed by atoms with Crippen LogP contribution in [0.2, 0.25) is 0 Å². The van der Waals surface area contributed by atoms with Crippen LogP contribution in [-0.4, -0.2) is 49.7 Å². The van der Waals surface area contributed by atoms with E-state index in [4.69, 9.17) is 4.74 Å². The molecule has 18 heavy (non-hydrogen) atoms. The Bertz CT molecular complexity index is 282. The van der Waals surface area contributed by atoms with Gasteiger partial charge in [0, 0.05) is 13.1 Å². The van der Waals surface area contributed by atoms with Crippen molar-refractivity contribution in [1.29, 1.82) is 0 Å².